The van der Waals surface area contributed by atoms with E-state index in [2.05, 4.69) is 57.2 Å². The number of rotatable bonds is 59. The van der Waals surface area contributed by atoms with Crippen molar-refractivity contribution >= 4 is 23.9 Å². The molecule has 1 saturated heterocycles. The van der Waals surface area contributed by atoms with Crippen molar-refractivity contribution in [2.24, 2.45) is 0 Å². The summed E-state index contributed by atoms with van der Waals surface area (Å²) in [7, 11) is 0. The molecule has 1 aliphatic rings. The van der Waals surface area contributed by atoms with E-state index in [0.717, 1.165) is 89.9 Å². The van der Waals surface area contributed by atoms with Crippen LogP contribution in [0.2, 0.25) is 0 Å². The molecular formula is C69H124O12. The van der Waals surface area contributed by atoms with E-state index in [4.69, 9.17) is 23.7 Å². The Morgan fingerprint density at radius 2 is 0.741 bits per heavy atom. The normalized spacial score (nSPS) is 17.9. The number of unbranched alkanes of at least 4 members (excludes halogenated alkanes) is 39. The summed E-state index contributed by atoms with van der Waals surface area (Å²) in [5.74, 6) is -3.10. The van der Waals surface area contributed by atoms with Crippen LogP contribution >= 0.6 is 0 Å². The zero-order chi connectivity index (χ0) is 58.9. The highest BCUT2D eigenvalue weighted by molar-refractivity contribution is 5.74. The van der Waals surface area contributed by atoms with Crippen LogP contribution in [0, 0.1) is 0 Å². The van der Waals surface area contributed by atoms with Gasteiger partial charge < -0.3 is 39.0 Å². The van der Waals surface area contributed by atoms with E-state index in [9.17, 15) is 34.5 Å². The molecule has 3 N–H and O–H groups in total. The van der Waals surface area contributed by atoms with Crippen molar-refractivity contribution in [1.29, 1.82) is 0 Å². The number of aliphatic hydroxyl groups excluding tert-OH is 2. The lowest BCUT2D eigenvalue weighted by Gasteiger charge is -2.40. The molecule has 1 heterocycles. The number of ether oxygens (including phenoxy) is 5. The molecule has 12 nitrogen and oxygen atoms in total. The predicted molar refractivity (Wildman–Crippen MR) is 331 cm³/mol. The lowest BCUT2D eigenvalue weighted by atomic mass is 9.98. The minimum Gasteiger partial charge on any atom is -0.479 e. The molecule has 0 amide bonds. The van der Waals surface area contributed by atoms with Crippen molar-refractivity contribution in [3.05, 3.63) is 36.5 Å². The number of esters is 3. The molecule has 1 rings (SSSR count). The molecule has 1 fully saturated rings. The van der Waals surface area contributed by atoms with Crippen molar-refractivity contribution in [3.63, 3.8) is 0 Å². The maximum Gasteiger partial charge on any atom is 0.335 e. The van der Waals surface area contributed by atoms with Crippen LogP contribution in [0.25, 0.3) is 0 Å². The van der Waals surface area contributed by atoms with E-state index in [1.54, 1.807) is 0 Å². The molecule has 0 saturated carbocycles. The Morgan fingerprint density at radius 3 is 1.15 bits per heavy atom. The van der Waals surface area contributed by atoms with E-state index < -0.39 is 67.3 Å². The maximum atomic E-state index is 13.2. The van der Waals surface area contributed by atoms with Gasteiger partial charge in [0.25, 0.3) is 0 Å². The quantitative estimate of drug-likeness (QED) is 0.0228. The predicted octanol–water partition coefficient (Wildman–Crippen LogP) is 18.4. The van der Waals surface area contributed by atoms with Gasteiger partial charge in [0, 0.05) is 19.3 Å². The number of aliphatic carboxylic acids is 1. The highest BCUT2D eigenvalue weighted by Crippen LogP contribution is 2.27. The lowest BCUT2D eigenvalue weighted by molar-refractivity contribution is -0.301. The topological polar surface area (TPSA) is 175 Å². The third kappa shape index (κ3) is 46.9. The van der Waals surface area contributed by atoms with Crippen LogP contribution in [0.4, 0.5) is 0 Å². The summed E-state index contributed by atoms with van der Waals surface area (Å²) in [6.45, 7) is 6.02. The number of allylic oxidation sites excluding steroid dienone is 6. The SMILES string of the molecule is CCCCC/C=C\C/C=C\CCCCCCCCCC(=O)OCC(COC1OC(C(=O)O)C(O)C(O)C1OC(=O)CCCCCCCCC/C=C\CCCCCCCC)OC(=O)CCCCCCCCCCCCCCCCCCC. The molecule has 1 aliphatic heterocycles. The van der Waals surface area contributed by atoms with Gasteiger partial charge in [0.2, 0.25) is 0 Å². The van der Waals surface area contributed by atoms with Crippen molar-refractivity contribution in [3.8, 4) is 0 Å². The second-order valence-electron chi connectivity index (χ2n) is 23.5. The first-order valence-corrected chi connectivity index (χ1v) is 34.0. The van der Waals surface area contributed by atoms with Crippen LogP contribution in [-0.4, -0.2) is 89.2 Å². The van der Waals surface area contributed by atoms with Crippen molar-refractivity contribution in [1.82, 2.24) is 0 Å². The van der Waals surface area contributed by atoms with Crippen LogP contribution in [0.3, 0.4) is 0 Å². The van der Waals surface area contributed by atoms with Crippen molar-refractivity contribution in [2.75, 3.05) is 13.2 Å². The van der Waals surface area contributed by atoms with Crippen LogP contribution in [0.5, 0.6) is 0 Å². The number of hydrogen-bond acceptors (Lipinski definition) is 11. The van der Waals surface area contributed by atoms with Gasteiger partial charge in [-0.1, -0.05) is 269 Å². The fourth-order valence-corrected chi connectivity index (χ4v) is 10.5. The number of aliphatic hydroxyl groups is 2. The monoisotopic (exact) mass is 1140 g/mol. The molecule has 12 heteroatoms. The van der Waals surface area contributed by atoms with E-state index >= 15 is 0 Å². The van der Waals surface area contributed by atoms with Gasteiger partial charge >= 0.3 is 23.9 Å². The largest absolute Gasteiger partial charge is 0.479 e. The average Bonchev–Trinajstić information content (AvgIpc) is 3.53. The lowest BCUT2D eigenvalue weighted by Crippen LogP contribution is -2.61. The summed E-state index contributed by atoms with van der Waals surface area (Å²) >= 11 is 0. The third-order valence-electron chi connectivity index (χ3n) is 15.7. The minimum atomic E-state index is -1.90. The molecule has 472 valence electrons. The Labute approximate surface area is 495 Å². The molecule has 0 spiro atoms. The van der Waals surface area contributed by atoms with E-state index in [-0.39, 0.29) is 25.9 Å². The second-order valence-corrected chi connectivity index (χ2v) is 23.5. The Hall–Kier alpha value is -3.06. The summed E-state index contributed by atoms with van der Waals surface area (Å²) in [5.41, 5.74) is 0. The first-order chi connectivity index (χ1) is 39.6. The molecule has 6 unspecified atom stereocenters. The van der Waals surface area contributed by atoms with Crippen LogP contribution < -0.4 is 0 Å². The van der Waals surface area contributed by atoms with Crippen molar-refractivity contribution < 1.29 is 58.2 Å². The van der Waals surface area contributed by atoms with Gasteiger partial charge in [-0.05, 0) is 77.0 Å². The number of carbonyl (C=O) groups is 4. The highest BCUT2D eigenvalue weighted by Gasteiger charge is 2.50. The molecule has 0 radical (unpaired) electrons. The molecule has 0 bridgehead atoms. The average molecular weight is 1150 g/mol. The zero-order valence-electron chi connectivity index (χ0n) is 52.3. The standard InChI is InChI=1S/C69H124O12/c1-4-7-10-13-16-19-22-25-28-31-34-37-40-43-46-49-52-55-61(70)77-58-60(79-62(71)56-53-50-47-44-41-38-35-32-29-26-23-20-17-14-11-8-5-2)59-78-69-67(65(74)64(73)66(81-69)68(75)76)80-63(72)57-54-51-48-45-42-39-36-33-30-27-24-21-18-15-12-9-6-3/h16,19,25,27-28,30,60,64-67,69,73-74H,4-15,17-18,20-24,26,29,31-59H2,1-3H3,(H,75,76)/b19-16-,28-25-,30-27-. The molecule has 0 aromatic heterocycles. The van der Waals surface area contributed by atoms with Gasteiger partial charge in [0.1, 0.15) is 18.8 Å². The number of carboxylic acid groups (broad SMARTS) is 1. The summed E-state index contributed by atoms with van der Waals surface area (Å²) in [6.07, 6.45) is 56.6. The van der Waals surface area contributed by atoms with E-state index in [1.165, 1.54) is 180 Å². The number of hydrogen-bond donors (Lipinski definition) is 3. The van der Waals surface area contributed by atoms with Crippen LogP contribution in [0.1, 0.15) is 329 Å². The summed E-state index contributed by atoms with van der Waals surface area (Å²) < 4.78 is 28.6. The number of carbonyl (C=O) groups excluding carboxylic acids is 3. The Kier molecular flexibility index (Phi) is 53.8. The minimum absolute atomic E-state index is 0.0585. The molecule has 0 aliphatic carbocycles. The Bertz CT molecular complexity index is 1550. The molecule has 0 aromatic carbocycles. The van der Waals surface area contributed by atoms with Crippen LogP contribution in [-0.2, 0) is 42.9 Å². The first kappa shape index (κ1) is 76.0. The van der Waals surface area contributed by atoms with E-state index in [0.29, 0.717) is 19.3 Å². The molecular weight excluding hydrogens is 1020 g/mol. The Balaban J connectivity index is 2.64. The molecule has 0 aromatic rings. The highest BCUT2D eigenvalue weighted by atomic mass is 16.7. The smallest absolute Gasteiger partial charge is 0.335 e. The first-order valence-electron chi connectivity index (χ1n) is 34.0. The third-order valence-corrected chi connectivity index (χ3v) is 15.7. The Morgan fingerprint density at radius 1 is 0.407 bits per heavy atom. The summed E-state index contributed by atoms with van der Waals surface area (Å²) in [4.78, 5) is 51.4. The van der Waals surface area contributed by atoms with Gasteiger partial charge in [0.05, 0.1) is 6.61 Å². The fraction of sp³-hybridized carbons (Fsp3) is 0.855. The van der Waals surface area contributed by atoms with Gasteiger partial charge in [-0.3, -0.25) is 14.4 Å². The van der Waals surface area contributed by atoms with Crippen molar-refractivity contribution in [2.45, 2.75) is 366 Å². The van der Waals surface area contributed by atoms with Crippen LogP contribution in [0.15, 0.2) is 36.5 Å². The fourth-order valence-electron chi connectivity index (χ4n) is 10.5. The van der Waals surface area contributed by atoms with Gasteiger partial charge in [-0.15, -0.1) is 0 Å². The second kappa shape index (κ2) is 57.4. The summed E-state index contributed by atoms with van der Waals surface area (Å²) in [5, 5.41) is 31.6. The van der Waals surface area contributed by atoms with E-state index in [1.807, 2.05) is 0 Å². The molecule has 6 atom stereocenters. The van der Waals surface area contributed by atoms with Gasteiger partial charge in [-0.2, -0.15) is 0 Å². The van der Waals surface area contributed by atoms with Gasteiger partial charge in [-0.25, -0.2) is 4.79 Å². The summed E-state index contributed by atoms with van der Waals surface area (Å²) in [6, 6.07) is 0. The zero-order valence-corrected chi connectivity index (χ0v) is 52.3. The number of carboxylic acids is 1. The maximum absolute atomic E-state index is 13.2. The molecule has 81 heavy (non-hydrogen) atoms. The van der Waals surface area contributed by atoms with Gasteiger partial charge in [0.15, 0.2) is 24.6 Å².